The number of rotatable bonds is 3. The number of alkyl halides is 1. The summed E-state index contributed by atoms with van der Waals surface area (Å²) in [6, 6.07) is 0. The molecule has 1 atom stereocenters. The van der Waals surface area contributed by atoms with Crippen LogP contribution in [0, 0.1) is 0 Å². The summed E-state index contributed by atoms with van der Waals surface area (Å²) in [7, 11) is 1.78. The molecular weight excluding hydrogens is 282 g/mol. The van der Waals surface area contributed by atoms with Crippen molar-refractivity contribution >= 4 is 21.9 Å². The van der Waals surface area contributed by atoms with Gasteiger partial charge in [-0.05, 0) is 25.3 Å². The number of ether oxygens (including phenoxy) is 1. The van der Waals surface area contributed by atoms with Gasteiger partial charge in [-0.25, -0.2) is 9.97 Å². The Kier molecular flexibility index (Phi) is 3.99. The zero-order valence-corrected chi connectivity index (χ0v) is 11.9. The van der Waals surface area contributed by atoms with Crippen molar-refractivity contribution in [2.45, 2.75) is 30.7 Å². The van der Waals surface area contributed by atoms with Crippen molar-refractivity contribution in [3.8, 4) is 0 Å². The van der Waals surface area contributed by atoms with Crippen LogP contribution >= 0.6 is 15.9 Å². The Morgan fingerprint density at radius 2 is 2.18 bits per heavy atom. The summed E-state index contributed by atoms with van der Waals surface area (Å²) in [6.07, 6.45) is 5.96. The minimum Gasteiger partial charge on any atom is -0.377 e. The van der Waals surface area contributed by atoms with E-state index < -0.39 is 0 Å². The topological polar surface area (TPSA) is 38.2 Å². The first-order valence-electron chi connectivity index (χ1n) is 5.84. The van der Waals surface area contributed by atoms with Crippen molar-refractivity contribution in [3.05, 3.63) is 18.0 Å². The van der Waals surface area contributed by atoms with E-state index in [1.165, 1.54) is 0 Å². The van der Waals surface area contributed by atoms with Gasteiger partial charge in [0.1, 0.15) is 0 Å². The number of methoxy groups -OCH3 is 1. The summed E-state index contributed by atoms with van der Waals surface area (Å²) in [6.45, 7) is 4.01. The third kappa shape index (κ3) is 2.96. The van der Waals surface area contributed by atoms with Crippen molar-refractivity contribution in [3.63, 3.8) is 0 Å². The van der Waals surface area contributed by atoms with Crippen molar-refractivity contribution in [1.82, 2.24) is 9.97 Å². The van der Waals surface area contributed by atoms with Gasteiger partial charge in [-0.1, -0.05) is 15.9 Å². The first-order chi connectivity index (χ1) is 8.17. The number of nitrogens with zero attached hydrogens (tertiary/aromatic N) is 3. The van der Waals surface area contributed by atoms with Crippen LogP contribution in [-0.2, 0) is 10.1 Å². The third-order valence-electron chi connectivity index (χ3n) is 3.28. The molecule has 17 heavy (non-hydrogen) atoms. The second-order valence-corrected chi connectivity index (χ2v) is 5.26. The molecule has 0 aromatic carbocycles. The van der Waals surface area contributed by atoms with Crippen LogP contribution in [-0.4, -0.2) is 35.8 Å². The predicted octanol–water partition coefficient (Wildman–Crippen LogP) is 2.38. The van der Waals surface area contributed by atoms with Crippen LogP contribution in [0.15, 0.2) is 12.4 Å². The van der Waals surface area contributed by atoms with Gasteiger partial charge in [0.15, 0.2) is 0 Å². The minimum absolute atomic E-state index is 0.0737. The van der Waals surface area contributed by atoms with Gasteiger partial charge in [0.2, 0.25) is 5.95 Å². The van der Waals surface area contributed by atoms with E-state index in [9.17, 15) is 0 Å². The van der Waals surface area contributed by atoms with Crippen molar-refractivity contribution < 1.29 is 4.74 Å². The summed E-state index contributed by atoms with van der Waals surface area (Å²) in [5, 5.41) is 0.795. The van der Waals surface area contributed by atoms with E-state index in [0.29, 0.717) is 0 Å². The average molecular weight is 300 g/mol. The minimum atomic E-state index is -0.0737. The molecule has 0 aliphatic carbocycles. The highest BCUT2D eigenvalue weighted by Crippen LogP contribution is 2.26. The lowest BCUT2D eigenvalue weighted by molar-refractivity contribution is -0.00498. The Balaban J connectivity index is 2.10. The Hall–Kier alpha value is -0.680. The average Bonchev–Trinajstić information content (AvgIpc) is 2.39. The molecule has 94 valence electrons. The molecule has 0 spiro atoms. The van der Waals surface area contributed by atoms with Gasteiger partial charge in [-0.2, -0.15) is 0 Å². The van der Waals surface area contributed by atoms with Crippen LogP contribution in [0.4, 0.5) is 5.95 Å². The lowest BCUT2D eigenvalue weighted by atomic mass is 9.95. The van der Waals surface area contributed by atoms with Crippen LogP contribution in [0.5, 0.6) is 0 Å². The summed E-state index contributed by atoms with van der Waals surface area (Å²) in [5.74, 6) is 0.803. The Morgan fingerprint density at radius 1 is 1.47 bits per heavy atom. The summed E-state index contributed by atoms with van der Waals surface area (Å²) >= 11 is 3.39. The summed E-state index contributed by atoms with van der Waals surface area (Å²) in [4.78, 5) is 11.0. The van der Waals surface area contributed by atoms with E-state index in [2.05, 4.69) is 37.7 Å². The van der Waals surface area contributed by atoms with Gasteiger partial charge in [0.05, 0.1) is 5.60 Å². The number of anilines is 1. The molecule has 1 fully saturated rings. The largest absolute Gasteiger partial charge is 0.377 e. The number of hydrogen-bond acceptors (Lipinski definition) is 4. The molecule has 0 amide bonds. The molecule has 1 aromatic heterocycles. The van der Waals surface area contributed by atoms with E-state index in [-0.39, 0.29) is 5.60 Å². The maximum atomic E-state index is 5.57. The fraction of sp³-hybridized carbons (Fsp3) is 0.667. The Labute approximate surface area is 111 Å². The standard InChI is InChI=1S/C12H18BrN3O/c1-12(17-2)4-3-5-16(9-12)11-14-7-10(6-13)8-15-11/h7-8H,3-6,9H2,1-2H3. The van der Waals surface area contributed by atoms with Crippen LogP contribution in [0.3, 0.4) is 0 Å². The molecule has 5 heteroatoms. The molecule has 4 nitrogen and oxygen atoms in total. The lowest BCUT2D eigenvalue weighted by Gasteiger charge is -2.39. The summed E-state index contributed by atoms with van der Waals surface area (Å²) < 4.78 is 5.57. The third-order valence-corrected chi connectivity index (χ3v) is 3.93. The molecule has 0 saturated carbocycles. The normalized spacial score (nSPS) is 25.0. The van der Waals surface area contributed by atoms with E-state index in [4.69, 9.17) is 4.74 Å². The highest BCUT2D eigenvalue weighted by Gasteiger charge is 2.31. The SMILES string of the molecule is COC1(C)CCCN(c2ncc(CBr)cn2)C1. The van der Waals surface area contributed by atoms with E-state index in [1.54, 1.807) is 7.11 Å². The molecule has 0 radical (unpaired) electrons. The smallest absolute Gasteiger partial charge is 0.225 e. The van der Waals surface area contributed by atoms with Gasteiger partial charge in [0, 0.05) is 37.9 Å². The number of halogens is 1. The number of hydrogen-bond donors (Lipinski definition) is 0. The fourth-order valence-corrected chi connectivity index (χ4v) is 2.41. The van der Waals surface area contributed by atoms with Crippen LogP contribution in [0.2, 0.25) is 0 Å². The zero-order valence-electron chi connectivity index (χ0n) is 10.3. The number of aromatic nitrogens is 2. The molecule has 1 saturated heterocycles. The van der Waals surface area contributed by atoms with Crippen LogP contribution in [0.1, 0.15) is 25.3 Å². The van der Waals surface area contributed by atoms with Crippen molar-refractivity contribution in [2.24, 2.45) is 0 Å². The van der Waals surface area contributed by atoms with Gasteiger partial charge in [-0.3, -0.25) is 0 Å². The highest BCUT2D eigenvalue weighted by atomic mass is 79.9. The van der Waals surface area contributed by atoms with Crippen LogP contribution < -0.4 is 4.90 Å². The molecule has 1 aromatic rings. The molecule has 2 rings (SSSR count). The molecule has 1 unspecified atom stereocenters. The first kappa shape index (κ1) is 12.8. The predicted molar refractivity (Wildman–Crippen MR) is 71.5 cm³/mol. The van der Waals surface area contributed by atoms with Crippen LogP contribution in [0.25, 0.3) is 0 Å². The monoisotopic (exact) mass is 299 g/mol. The maximum absolute atomic E-state index is 5.57. The molecule has 1 aliphatic rings. The zero-order chi connectivity index (χ0) is 12.3. The highest BCUT2D eigenvalue weighted by molar-refractivity contribution is 9.08. The summed E-state index contributed by atoms with van der Waals surface area (Å²) in [5.41, 5.74) is 1.02. The van der Waals surface area contributed by atoms with Gasteiger partial charge < -0.3 is 9.64 Å². The van der Waals surface area contributed by atoms with E-state index >= 15 is 0 Å². The fourth-order valence-electron chi connectivity index (χ4n) is 2.12. The first-order valence-corrected chi connectivity index (χ1v) is 6.96. The van der Waals surface area contributed by atoms with E-state index in [0.717, 1.165) is 42.8 Å². The Morgan fingerprint density at radius 3 is 2.76 bits per heavy atom. The molecule has 2 heterocycles. The van der Waals surface area contributed by atoms with E-state index in [1.807, 2.05) is 12.4 Å². The van der Waals surface area contributed by atoms with Gasteiger partial charge in [0.25, 0.3) is 0 Å². The molecule has 0 bridgehead atoms. The number of piperidine rings is 1. The van der Waals surface area contributed by atoms with Crippen molar-refractivity contribution in [1.29, 1.82) is 0 Å². The lowest BCUT2D eigenvalue weighted by Crippen LogP contribution is -2.48. The van der Waals surface area contributed by atoms with Crippen molar-refractivity contribution in [2.75, 3.05) is 25.1 Å². The Bertz CT molecular complexity index is 371. The van der Waals surface area contributed by atoms with Gasteiger partial charge >= 0.3 is 0 Å². The molecule has 1 aliphatic heterocycles. The molecule has 0 N–H and O–H groups in total. The van der Waals surface area contributed by atoms with Gasteiger partial charge in [-0.15, -0.1) is 0 Å². The maximum Gasteiger partial charge on any atom is 0.225 e. The quantitative estimate of drug-likeness (QED) is 0.803. The second-order valence-electron chi connectivity index (χ2n) is 4.70. The molecular formula is C12H18BrN3O. The second kappa shape index (κ2) is 5.31.